The van der Waals surface area contributed by atoms with Crippen LogP contribution >= 0.6 is 0 Å². The van der Waals surface area contributed by atoms with Crippen molar-refractivity contribution < 1.29 is 15.3 Å². The summed E-state index contributed by atoms with van der Waals surface area (Å²) in [6.07, 6.45) is 0.698. The van der Waals surface area contributed by atoms with Crippen molar-refractivity contribution in [3.63, 3.8) is 0 Å². The highest BCUT2D eigenvalue weighted by molar-refractivity contribution is 5.20. The molecule has 0 saturated carbocycles. The van der Waals surface area contributed by atoms with E-state index in [9.17, 15) is 5.11 Å². The Balaban J connectivity index is 4.40. The minimum Gasteiger partial charge on any atom is -0.509 e. The van der Waals surface area contributed by atoms with E-state index in [1.54, 1.807) is 14.0 Å². The molecule has 0 aliphatic heterocycles. The molecule has 0 aromatic rings. The maximum absolute atomic E-state index is 9.40. The van der Waals surface area contributed by atoms with Crippen LogP contribution in [0.1, 0.15) is 13.8 Å². The first-order valence-electron chi connectivity index (χ1n) is 4.08. The quantitative estimate of drug-likeness (QED) is 0.389. The van der Waals surface area contributed by atoms with E-state index in [2.05, 4.69) is 5.32 Å². The van der Waals surface area contributed by atoms with Gasteiger partial charge < -0.3 is 20.6 Å². The average Bonchev–Trinajstić information content (AvgIpc) is 2.04. The number of likely N-dealkylation sites (N-methyl/N-ethyl adjacent to an activating group) is 1. The summed E-state index contributed by atoms with van der Waals surface area (Å²) in [5.74, 6) is -0.372. The monoisotopic (exact) mass is 187 g/mol. The van der Waals surface area contributed by atoms with Gasteiger partial charge in [0, 0.05) is 6.54 Å². The zero-order valence-electron chi connectivity index (χ0n) is 8.20. The van der Waals surface area contributed by atoms with Crippen molar-refractivity contribution in [3.8, 4) is 0 Å². The molecule has 0 aromatic carbocycles. The fourth-order valence-electron chi connectivity index (χ4n) is 0.771. The summed E-state index contributed by atoms with van der Waals surface area (Å²) in [6.45, 7) is 3.48. The molecular formula is C9H17NO3. The van der Waals surface area contributed by atoms with Crippen LogP contribution in [-0.4, -0.2) is 35.0 Å². The van der Waals surface area contributed by atoms with Crippen molar-refractivity contribution in [2.24, 2.45) is 0 Å². The molecule has 0 rings (SSSR count). The summed E-state index contributed by atoms with van der Waals surface area (Å²) in [4.78, 5) is 0. The van der Waals surface area contributed by atoms with E-state index >= 15 is 0 Å². The highest BCUT2D eigenvalue weighted by Crippen LogP contribution is 2.06. The van der Waals surface area contributed by atoms with E-state index in [4.69, 9.17) is 10.2 Å². The van der Waals surface area contributed by atoms with Gasteiger partial charge in [0.1, 0.15) is 5.76 Å². The number of aliphatic hydroxyl groups excluding tert-OH is 3. The summed E-state index contributed by atoms with van der Waals surface area (Å²) in [7, 11) is 1.73. The molecule has 4 N–H and O–H groups in total. The molecule has 4 nitrogen and oxygen atoms in total. The first-order chi connectivity index (χ1) is 5.99. The Morgan fingerprint density at radius 1 is 1.38 bits per heavy atom. The molecule has 76 valence electrons. The van der Waals surface area contributed by atoms with Crippen LogP contribution in [0.3, 0.4) is 0 Å². The molecule has 0 amide bonds. The van der Waals surface area contributed by atoms with E-state index in [0.717, 1.165) is 0 Å². The van der Waals surface area contributed by atoms with Crippen LogP contribution in [0.15, 0.2) is 23.2 Å². The van der Waals surface area contributed by atoms with Crippen molar-refractivity contribution >= 4 is 0 Å². The van der Waals surface area contributed by atoms with Gasteiger partial charge in [-0.15, -0.1) is 0 Å². The summed E-state index contributed by atoms with van der Waals surface area (Å²) in [5, 5.41) is 30.2. The predicted octanol–water partition coefficient (Wildman–Crippen LogP) is 0.860. The molecule has 0 fully saturated rings. The van der Waals surface area contributed by atoms with Gasteiger partial charge in [0.2, 0.25) is 0 Å². The Bertz CT molecular complexity index is 217. The second-order valence-corrected chi connectivity index (χ2v) is 2.93. The smallest absolute Gasteiger partial charge is 0.152 e. The highest BCUT2D eigenvalue weighted by atomic mass is 16.3. The number of allylic oxidation sites excluding steroid dienone is 2. The topological polar surface area (TPSA) is 72.7 Å². The highest BCUT2D eigenvalue weighted by Gasteiger charge is 2.05. The van der Waals surface area contributed by atoms with Crippen LogP contribution in [0.2, 0.25) is 0 Å². The van der Waals surface area contributed by atoms with E-state index in [-0.39, 0.29) is 11.5 Å². The van der Waals surface area contributed by atoms with Crippen LogP contribution in [0.25, 0.3) is 0 Å². The van der Waals surface area contributed by atoms with Crippen molar-refractivity contribution in [2.75, 3.05) is 13.6 Å². The van der Waals surface area contributed by atoms with Crippen LogP contribution in [0.5, 0.6) is 0 Å². The van der Waals surface area contributed by atoms with Crippen LogP contribution in [-0.2, 0) is 0 Å². The van der Waals surface area contributed by atoms with Gasteiger partial charge in [-0.25, -0.2) is 0 Å². The molecule has 0 radical (unpaired) electrons. The maximum atomic E-state index is 9.40. The fraction of sp³-hybridized carbons (Fsp3) is 0.556. The number of nitrogens with one attached hydrogen (secondary N) is 1. The predicted molar refractivity (Wildman–Crippen MR) is 51.6 cm³/mol. The van der Waals surface area contributed by atoms with Gasteiger partial charge in [0.15, 0.2) is 5.76 Å². The summed E-state index contributed by atoms with van der Waals surface area (Å²) in [5.41, 5.74) is 0.597. The third kappa shape index (κ3) is 4.55. The number of aliphatic hydroxyl groups is 3. The number of rotatable bonds is 4. The van der Waals surface area contributed by atoms with Crippen LogP contribution in [0, 0.1) is 0 Å². The maximum Gasteiger partial charge on any atom is 0.152 e. The number of hydrogen-bond donors (Lipinski definition) is 4. The molecule has 1 atom stereocenters. The minimum atomic E-state index is -0.647. The first kappa shape index (κ1) is 12.0. The van der Waals surface area contributed by atoms with Gasteiger partial charge in [-0.05, 0) is 32.5 Å². The normalized spacial score (nSPS) is 16.8. The minimum absolute atomic E-state index is 0.156. The molecule has 0 aromatic heterocycles. The zero-order valence-corrected chi connectivity index (χ0v) is 8.20. The third-order valence-electron chi connectivity index (χ3n) is 1.66. The van der Waals surface area contributed by atoms with E-state index < -0.39 is 6.10 Å². The third-order valence-corrected chi connectivity index (χ3v) is 1.66. The molecule has 4 heteroatoms. The van der Waals surface area contributed by atoms with Gasteiger partial charge in [-0.3, -0.25) is 0 Å². The lowest BCUT2D eigenvalue weighted by Gasteiger charge is -2.10. The summed E-state index contributed by atoms with van der Waals surface area (Å²) in [6, 6.07) is 0. The Labute approximate surface area is 78.2 Å². The van der Waals surface area contributed by atoms with Gasteiger partial charge in [-0.2, -0.15) is 0 Å². The van der Waals surface area contributed by atoms with Crippen molar-refractivity contribution in [1.29, 1.82) is 0 Å². The largest absolute Gasteiger partial charge is 0.509 e. The molecule has 13 heavy (non-hydrogen) atoms. The number of hydrogen-bond acceptors (Lipinski definition) is 4. The van der Waals surface area contributed by atoms with Crippen molar-refractivity contribution in [3.05, 3.63) is 23.2 Å². The van der Waals surface area contributed by atoms with E-state index in [1.165, 1.54) is 13.0 Å². The molecule has 0 aliphatic carbocycles. The standard InChI is InChI=1S/C9H17NO3/c1-6(9(13)5-10-3)4-8(12)7(2)11/h4,9-13H,5H2,1-3H3/b6-4+,8-7-. The molecular weight excluding hydrogens is 170 g/mol. The molecule has 0 aliphatic rings. The zero-order chi connectivity index (χ0) is 10.4. The van der Waals surface area contributed by atoms with Gasteiger partial charge in [0.25, 0.3) is 0 Å². The first-order valence-corrected chi connectivity index (χ1v) is 4.08. The summed E-state index contributed by atoms with van der Waals surface area (Å²) >= 11 is 0. The van der Waals surface area contributed by atoms with Gasteiger partial charge in [-0.1, -0.05) is 0 Å². The van der Waals surface area contributed by atoms with Crippen molar-refractivity contribution in [2.45, 2.75) is 20.0 Å². The Morgan fingerprint density at radius 3 is 2.31 bits per heavy atom. The SMILES string of the molecule is CNCC(O)/C(C)=C/C(O)=C(\C)O. The lowest BCUT2D eigenvalue weighted by molar-refractivity contribution is 0.209. The van der Waals surface area contributed by atoms with Gasteiger partial charge >= 0.3 is 0 Å². The molecule has 0 heterocycles. The van der Waals surface area contributed by atoms with E-state index in [1.807, 2.05) is 0 Å². The average molecular weight is 187 g/mol. The second-order valence-electron chi connectivity index (χ2n) is 2.93. The molecule has 0 saturated heterocycles. The lowest BCUT2D eigenvalue weighted by atomic mass is 10.1. The Hall–Kier alpha value is -1.00. The van der Waals surface area contributed by atoms with E-state index in [0.29, 0.717) is 12.1 Å². The molecule has 1 unspecified atom stereocenters. The van der Waals surface area contributed by atoms with Gasteiger partial charge in [0.05, 0.1) is 6.10 Å². The Kier molecular flexibility index (Phi) is 5.18. The molecule has 0 spiro atoms. The van der Waals surface area contributed by atoms with Crippen LogP contribution < -0.4 is 5.32 Å². The lowest BCUT2D eigenvalue weighted by Crippen LogP contribution is -2.24. The molecule has 0 bridgehead atoms. The Morgan fingerprint density at radius 2 is 1.92 bits per heavy atom. The second kappa shape index (κ2) is 5.61. The van der Waals surface area contributed by atoms with Crippen LogP contribution in [0.4, 0.5) is 0 Å². The van der Waals surface area contributed by atoms with Crippen molar-refractivity contribution in [1.82, 2.24) is 5.32 Å². The fourth-order valence-corrected chi connectivity index (χ4v) is 0.771. The summed E-state index contributed by atoms with van der Waals surface area (Å²) < 4.78 is 0.